The van der Waals surface area contributed by atoms with Crippen LogP contribution in [0.2, 0.25) is 0 Å². The molecule has 2 fully saturated rings. The van der Waals surface area contributed by atoms with E-state index in [2.05, 4.69) is 31.0 Å². The fourth-order valence-electron chi connectivity index (χ4n) is 4.04. The van der Waals surface area contributed by atoms with Gasteiger partial charge in [0.1, 0.15) is 0 Å². The molecule has 1 amide bonds. The number of nitrogens with zero attached hydrogens (tertiary/aromatic N) is 1. The number of fused-ring (bicyclic) bond motifs is 2. The van der Waals surface area contributed by atoms with Crippen molar-refractivity contribution in [1.29, 1.82) is 0 Å². The zero-order valence-electron chi connectivity index (χ0n) is 13.5. The normalized spacial score (nSPS) is 28.4. The van der Waals surface area contributed by atoms with E-state index in [1.54, 1.807) is 6.07 Å². The number of rotatable bonds is 3. The molecule has 2 saturated carbocycles. The lowest BCUT2D eigenvalue weighted by Crippen LogP contribution is -2.39. The van der Waals surface area contributed by atoms with Crippen molar-refractivity contribution in [3.63, 3.8) is 0 Å². The van der Waals surface area contributed by atoms with Gasteiger partial charge in [0.15, 0.2) is 11.5 Å². The van der Waals surface area contributed by atoms with Gasteiger partial charge >= 0.3 is 0 Å². The molecular weight excluding hydrogens is 292 g/mol. The van der Waals surface area contributed by atoms with E-state index >= 15 is 0 Å². The number of aromatic hydroxyl groups is 2. The number of hydrogen-bond donors (Lipinski definition) is 3. The highest BCUT2D eigenvalue weighted by molar-refractivity contribution is 5.89. The quantitative estimate of drug-likeness (QED) is 0.347. The highest BCUT2D eigenvalue weighted by atomic mass is 16.3. The molecule has 2 aliphatic carbocycles. The van der Waals surface area contributed by atoms with Crippen molar-refractivity contribution in [2.24, 2.45) is 21.8 Å². The summed E-state index contributed by atoms with van der Waals surface area (Å²) < 4.78 is 0. The van der Waals surface area contributed by atoms with E-state index in [-0.39, 0.29) is 22.8 Å². The predicted molar refractivity (Wildman–Crippen MR) is 88.2 cm³/mol. The van der Waals surface area contributed by atoms with Crippen LogP contribution in [0.25, 0.3) is 0 Å². The molecule has 2 atom stereocenters. The number of hydrogen-bond acceptors (Lipinski definition) is 4. The summed E-state index contributed by atoms with van der Waals surface area (Å²) in [5.41, 5.74) is 3.73. The Labute approximate surface area is 135 Å². The summed E-state index contributed by atoms with van der Waals surface area (Å²) in [5, 5.41) is 22.7. The van der Waals surface area contributed by atoms with Crippen molar-refractivity contribution in [1.82, 2.24) is 5.43 Å². The number of hydrazone groups is 1. The first-order chi connectivity index (χ1) is 10.8. The maximum absolute atomic E-state index is 12.7. The number of nitrogens with one attached hydrogen (secondary N) is 1. The molecule has 0 saturated heterocycles. The molecular formula is C18H22N2O3. The zero-order valence-corrected chi connectivity index (χ0v) is 13.5. The van der Waals surface area contributed by atoms with Crippen molar-refractivity contribution >= 4 is 12.1 Å². The number of benzene rings is 1. The summed E-state index contributed by atoms with van der Waals surface area (Å²) in [6.07, 6.45) is 4.18. The Kier molecular flexibility index (Phi) is 3.47. The molecule has 122 valence electrons. The van der Waals surface area contributed by atoms with Gasteiger partial charge in [-0.25, -0.2) is 5.43 Å². The Balaban J connectivity index is 1.71. The van der Waals surface area contributed by atoms with Crippen molar-refractivity contribution < 1.29 is 15.0 Å². The van der Waals surface area contributed by atoms with Gasteiger partial charge in [-0.1, -0.05) is 26.0 Å². The Hall–Kier alpha value is -2.30. The van der Waals surface area contributed by atoms with E-state index < -0.39 is 5.41 Å². The molecule has 1 aromatic rings. The fraction of sp³-hybridized carbons (Fsp3) is 0.444. The van der Waals surface area contributed by atoms with Crippen LogP contribution in [0, 0.1) is 16.7 Å². The second-order valence-corrected chi connectivity index (χ2v) is 7.17. The Morgan fingerprint density at radius 2 is 2.13 bits per heavy atom. The van der Waals surface area contributed by atoms with E-state index in [1.807, 2.05) is 0 Å². The highest BCUT2D eigenvalue weighted by Crippen LogP contribution is 2.65. The van der Waals surface area contributed by atoms with Gasteiger partial charge in [-0.15, -0.1) is 0 Å². The third kappa shape index (κ3) is 2.31. The second-order valence-electron chi connectivity index (χ2n) is 7.17. The average Bonchev–Trinajstić information content (AvgIpc) is 3.03. The van der Waals surface area contributed by atoms with Crippen LogP contribution in [0.5, 0.6) is 11.5 Å². The third-order valence-electron chi connectivity index (χ3n) is 5.70. The summed E-state index contributed by atoms with van der Waals surface area (Å²) in [7, 11) is 0. The van der Waals surface area contributed by atoms with E-state index in [9.17, 15) is 15.0 Å². The van der Waals surface area contributed by atoms with Gasteiger partial charge in [0.05, 0.1) is 11.6 Å². The summed E-state index contributed by atoms with van der Waals surface area (Å²) in [4.78, 5) is 12.7. The molecule has 5 heteroatoms. The third-order valence-corrected chi connectivity index (χ3v) is 5.70. The van der Waals surface area contributed by atoms with Crippen LogP contribution in [-0.2, 0) is 4.79 Å². The van der Waals surface area contributed by atoms with Gasteiger partial charge in [-0.05, 0) is 54.4 Å². The molecule has 2 unspecified atom stereocenters. The average molecular weight is 314 g/mol. The Morgan fingerprint density at radius 1 is 1.39 bits per heavy atom. The molecule has 0 aliphatic heterocycles. The first kappa shape index (κ1) is 15.6. The largest absolute Gasteiger partial charge is 0.504 e. The monoisotopic (exact) mass is 314 g/mol. The van der Waals surface area contributed by atoms with Gasteiger partial charge in [0, 0.05) is 0 Å². The van der Waals surface area contributed by atoms with E-state index in [0.717, 1.165) is 24.8 Å². The van der Waals surface area contributed by atoms with Crippen LogP contribution in [0.1, 0.15) is 38.7 Å². The summed E-state index contributed by atoms with van der Waals surface area (Å²) in [6, 6.07) is 4.36. The Morgan fingerprint density at radius 3 is 2.74 bits per heavy atom. The van der Waals surface area contributed by atoms with Crippen molar-refractivity contribution in [2.75, 3.05) is 0 Å². The smallest absolute Gasteiger partial charge is 0.250 e. The summed E-state index contributed by atoms with van der Waals surface area (Å²) in [6.45, 7) is 8.52. The Bertz CT molecular complexity index is 708. The molecule has 0 radical (unpaired) electrons. The molecule has 2 bridgehead atoms. The minimum Gasteiger partial charge on any atom is -0.504 e. The van der Waals surface area contributed by atoms with Crippen LogP contribution in [-0.4, -0.2) is 22.3 Å². The van der Waals surface area contributed by atoms with E-state index in [1.165, 1.54) is 18.3 Å². The minimum atomic E-state index is -0.497. The molecule has 2 aliphatic rings. The van der Waals surface area contributed by atoms with Gasteiger partial charge in [-0.3, -0.25) is 4.79 Å². The van der Waals surface area contributed by atoms with Gasteiger partial charge < -0.3 is 10.2 Å². The number of carbonyl (C=O) groups is 1. The molecule has 0 aromatic heterocycles. The van der Waals surface area contributed by atoms with Crippen molar-refractivity contribution in [3.8, 4) is 11.5 Å². The SMILES string of the molecule is C=C1C2(C(=O)N/N=C/c3ccc(O)c(O)c3)CCC(C2)C1(C)C. The first-order valence-corrected chi connectivity index (χ1v) is 7.83. The lowest BCUT2D eigenvalue weighted by molar-refractivity contribution is -0.128. The topological polar surface area (TPSA) is 81.9 Å². The fourth-order valence-corrected chi connectivity index (χ4v) is 4.04. The van der Waals surface area contributed by atoms with Crippen LogP contribution in [0.3, 0.4) is 0 Å². The molecule has 3 rings (SSSR count). The number of carbonyl (C=O) groups excluding carboxylic acids is 1. The van der Waals surface area contributed by atoms with Crippen LogP contribution < -0.4 is 5.43 Å². The number of amides is 1. The zero-order chi connectivity index (χ0) is 16.8. The van der Waals surface area contributed by atoms with E-state index in [0.29, 0.717) is 11.5 Å². The number of phenolic OH excluding ortho intramolecular Hbond substituents is 2. The van der Waals surface area contributed by atoms with Crippen molar-refractivity contribution in [2.45, 2.75) is 33.1 Å². The molecule has 1 aromatic carbocycles. The maximum Gasteiger partial charge on any atom is 0.250 e. The van der Waals surface area contributed by atoms with Crippen LogP contribution in [0.15, 0.2) is 35.5 Å². The van der Waals surface area contributed by atoms with Gasteiger partial charge in [0.25, 0.3) is 0 Å². The summed E-state index contributed by atoms with van der Waals surface area (Å²) >= 11 is 0. The molecule has 23 heavy (non-hydrogen) atoms. The highest BCUT2D eigenvalue weighted by Gasteiger charge is 2.60. The maximum atomic E-state index is 12.7. The van der Waals surface area contributed by atoms with E-state index in [4.69, 9.17) is 0 Å². The summed E-state index contributed by atoms with van der Waals surface area (Å²) in [5.74, 6) is 0.00332. The second kappa shape index (κ2) is 5.11. The van der Waals surface area contributed by atoms with Gasteiger partial charge in [-0.2, -0.15) is 5.10 Å². The first-order valence-electron chi connectivity index (χ1n) is 7.83. The van der Waals surface area contributed by atoms with Gasteiger partial charge in [0.2, 0.25) is 5.91 Å². The standard InChI is InChI=1S/C18H22N2O3/c1-11-17(2,3)13-6-7-18(11,9-13)16(23)20-19-10-12-4-5-14(21)15(22)8-12/h4-5,8,10,13,21-22H,1,6-7,9H2,2-3H3,(H,20,23)/b19-10+. The van der Waals surface area contributed by atoms with Crippen LogP contribution in [0.4, 0.5) is 0 Å². The van der Waals surface area contributed by atoms with Crippen molar-refractivity contribution in [3.05, 3.63) is 35.9 Å². The lowest BCUT2D eigenvalue weighted by Gasteiger charge is -2.36. The molecule has 0 heterocycles. The molecule has 0 spiro atoms. The predicted octanol–water partition coefficient (Wildman–Crippen LogP) is 2.93. The minimum absolute atomic E-state index is 0.00203. The lowest BCUT2D eigenvalue weighted by atomic mass is 9.68. The molecule has 3 N–H and O–H groups in total. The molecule has 5 nitrogen and oxygen atoms in total. The number of phenols is 2. The van der Waals surface area contributed by atoms with Crippen LogP contribution >= 0.6 is 0 Å².